The first-order valence-electron chi connectivity index (χ1n) is 7.23. The first kappa shape index (κ1) is 16.5. The van der Waals surface area contributed by atoms with E-state index in [4.69, 9.17) is 0 Å². The van der Waals surface area contributed by atoms with Gasteiger partial charge in [-0.3, -0.25) is 9.80 Å². The third-order valence-electron chi connectivity index (χ3n) is 3.37. The van der Waals surface area contributed by atoms with E-state index >= 15 is 0 Å². The van der Waals surface area contributed by atoms with E-state index in [2.05, 4.69) is 10.4 Å². The molecular formula is C17H21N4O2+. The van der Waals surface area contributed by atoms with Crippen LogP contribution in [-0.2, 0) is 11.8 Å². The van der Waals surface area contributed by atoms with Crippen LogP contribution in [0.4, 0.5) is 11.4 Å². The maximum Gasteiger partial charge on any atom is 0.228 e. The highest BCUT2D eigenvalue weighted by atomic mass is 16.3. The third-order valence-corrected chi connectivity index (χ3v) is 3.37. The van der Waals surface area contributed by atoms with E-state index in [9.17, 15) is 9.90 Å². The van der Waals surface area contributed by atoms with Crippen LogP contribution in [-0.4, -0.2) is 23.8 Å². The van der Waals surface area contributed by atoms with E-state index in [0.717, 1.165) is 11.4 Å². The van der Waals surface area contributed by atoms with Gasteiger partial charge < -0.3 is 10.4 Å². The second kappa shape index (κ2) is 6.91. The molecule has 1 amide bonds. The quantitative estimate of drug-likeness (QED) is 0.515. The normalized spacial score (nSPS) is 11.2. The van der Waals surface area contributed by atoms with Crippen molar-refractivity contribution >= 4 is 23.0 Å². The molecule has 1 aromatic heterocycles. The van der Waals surface area contributed by atoms with Gasteiger partial charge in [-0.2, -0.15) is 9.67 Å². The summed E-state index contributed by atoms with van der Waals surface area (Å²) in [6, 6.07) is 10.8. The summed E-state index contributed by atoms with van der Waals surface area (Å²) in [5.41, 5.74) is 2.90. The van der Waals surface area contributed by atoms with E-state index in [1.54, 1.807) is 24.2 Å². The Bertz CT molecular complexity index is 756. The van der Waals surface area contributed by atoms with Gasteiger partial charge in [0.15, 0.2) is 6.20 Å². The lowest BCUT2D eigenvalue weighted by molar-refractivity contribution is -0.672. The van der Waals surface area contributed by atoms with Gasteiger partial charge in [-0.25, -0.2) is 0 Å². The Kier molecular flexibility index (Phi) is 4.95. The van der Waals surface area contributed by atoms with Gasteiger partial charge in [0.25, 0.3) is 0 Å². The predicted molar refractivity (Wildman–Crippen MR) is 90.6 cm³/mol. The lowest BCUT2D eigenvalue weighted by Crippen LogP contribution is -2.35. The summed E-state index contributed by atoms with van der Waals surface area (Å²) in [7, 11) is 3.72. The molecule has 2 aromatic rings. The molecule has 1 heterocycles. The number of carbonyl (C=O) groups is 1. The number of hydrogen-bond donors (Lipinski definition) is 2. The number of amides is 1. The van der Waals surface area contributed by atoms with Crippen LogP contribution in [0.1, 0.15) is 19.5 Å². The van der Waals surface area contributed by atoms with Crippen LogP contribution >= 0.6 is 0 Å². The first-order valence-corrected chi connectivity index (χ1v) is 7.23. The number of anilines is 2. The van der Waals surface area contributed by atoms with Crippen molar-refractivity contribution in [3.8, 4) is 5.75 Å². The second-order valence-electron chi connectivity index (χ2n) is 5.29. The average molecular weight is 313 g/mol. The number of aromatic hydroxyl groups is 1. The number of aryl methyl sites for hydroxylation is 1. The molecule has 0 aliphatic rings. The lowest BCUT2D eigenvalue weighted by Gasteiger charge is -2.16. The van der Waals surface area contributed by atoms with Crippen molar-refractivity contribution in [2.45, 2.75) is 13.8 Å². The Morgan fingerprint density at radius 1 is 1.26 bits per heavy atom. The monoisotopic (exact) mass is 313 g/mol. The van der Waals surface area contributed by atoms with E-state index in [1.807, 2.05) is 42.9 Å². The Morgan fingerprint density at radius 2 is 2.00 bits per heavy atom. The number of hydrazone groups is 1. The van der Waals surface area contributed by atoms with Gasteiger partial charge in [-0.1, -0.05) is 0 Å². The van der Waals surface area contributed by atoms with Gasteiger partial charge in [0, 0.05) is 37.9 Å². The zero-order chi connectivity index (χ0) is 17.0. The molecule has 0 saturated carbocycles. The van der Waals surface area contributed by atoms with Crippen LogP contribution in [0.25, 0.3) is 0 Å². The highest BCUT2D eigenvalue weighted by Crippen LogP contribution is 2.29. The van der Waals surface area contributed by atoms with Crippen LogP contribution in [0.2, 0.25) is 0 Å². The molecule has 0 bridgehead atoms. The Labute approximate surface area is 135 Å². The fraction of sp³-hybridized carbons (Fsp3) is 0.235. The molecule has 0 unspecified atom stereocenters. The predicted octanol–water partition coefficient (Wildman–Crippen LogP) is 2.04. The molecule has 6 nitrogen and oxygen atoms in total. The zero-order valence-electron chi connectivity index (χ0n) is 13.7. The maximum absolute atomic E-state index is 11.1. The number of phenolic OH excluding ortho intramolecular Hbond substituents is 1. The molecule has 6 heteroatoms. The standard InChI is InChI=1S/C17H20N4O2/c1-12(15-7-5-6-10-20(15)3)19-21(4)16-9-8-14(11-17(16)23)18-13(2)22/h5-11H,1-4H3,(H-,18,19,22,23)/p+1. The highest BCUT2D eigenvalue weighted by molar-refractivity contribution is 5.96. The fourth-order valence-electron chi connectivity index (χ4n) is 2.31. The molecule has 0 spiro atoms. The van der Waals surface area contributed by atoms with Crippen molar-refractivity contribution in [2.24, 2.45) is 12.1 Å². The van der Waals surface area contributed by atoms with Crippen molar-refractivity contribution in [3.63, 3.8) is 0 Å². The number of phenols is 1. The van der Waals surface area contributed by atoms with Crippen LogP contribution in [0.3, 0.4) is 0 Å². The molecule has 0 radical (unpaired) electrons. The average Bonchev–Trinajstić information content (AvgIpc) is 2.46. The molecule has 2 rings (SSSR count). The SMILES string of the molecule is CC(=O)Nc1ccc(N(C)N=C(C)c2cccc[n+]2C)c(O)c1. The minimum absolute atomic E-state index is 0.0488. The maximum atomic E-state index is 11.1. The summed E-state index contributed by atoms with van der Waals surface area (Å²) < 4.78 is 1.98. The van der Waals surface area contributed by atoms with Crippen molar-refractivity contribution in [1.29, 1.82) is 0 Å². The van der Waals surface area contributed by atoms with Gasteiger partial charge in [0.2, 0.25) is 11.6 Å². The Balaban J connectivity index is 2.26. The number of nitrogens with zero attached hydrogens (tertiary/aromatic N) is 3. The third kappa shape index (κ3) is 4.06. The van der Waals surface area contributed by atoms with Crippen molar-refractivity contribution in [1.82, 2.24) is 0 Å². The lowest BCUT2D eigenvalue weighted by atomic mass is 10.2. The smallest absolute Gasteiger partial charge is 0.228 e. The number of carbonyl (C=O) groups excluding carboxylic acids is 1. The number of aromatic nitrogens is 1. The topological polar surface area (TPSA) is 68.8 Å². The largest absolute Gasteiger partial charge is 0.506 e. The fourth-order valence-corrected chi connectivity index (χ4v) is 2.31. The van der Waals surface area contributed by atoms with Gasteiger partial charge >= 0.3 is 0 Å². The van der Waals surface area contributed by atoms with E-state index in [0.29, 0.717) is 11.4 Å². The number of hydrogen-bond acceptors (Lipinski definition) is 4. The number of nitrogens with one attached hydrogen (secondary N) is 1. The van der Waals surface area contributed by atoms with Gasteiger partial charge in [0.05, 0.1) is 0 Å². The summed E-state index contributed by atoms with van der Waals surface area (Å²) in [6.45, 7) is 3.33. The molecule has 0 atom stereocenters. The van der Waals surface area contributed by atoms with Crippen molar-refractivity contribution < 1.29 is 14.5 Å². The Morgan fingerprint density at radius 3 is 2.61 bits per heavy atom. The zero-order valence-corrected chi connectivity index (χ0v) is 13.7. The summed E-state index contributed by atoms with van der Waals surface area (Å²) in [5, 5.41) is 18.9. The minimum Gasteiger partial charge on any atom is -0.506 e. The van der Waals surface area contributed by atoms with Gasteiger partial charge in [-0.15, -0.1) is 0 Å². The molecule has 2 N–H and O–H groups in total. The van der Waals surface area contributed by atoms with E-state index in [1.165, 1.54) is 13.0 Å². The summed E-state index contributed by atoms with van der Waals surface area (Å²) in [5.74, 6) is -0.135. The Hall–Kier alpha value is -2.89. The first-order chi connectivity index (χ1) is 10.9. The molecule has 1 aromatic carbocycles. The van der Waals surface area contributed by atoms with Crippen LogP contribution in [0.5, 0.6) is 5.75 Å². The van der Waals surface area contributed by atoms with Gasteiger partial charge in [0.1, 0.15) is 24.2 Å². The van der Waals surface area contributed by atoms with E-state index in [-0.39, 0.29) is 11.7 Å². The molecule has 0 saturated heterocycles. The molecular weight excluding hydrogens is 292 g/mol. The summed E-state index contributed by atoms with van der Waals surface area (Å²) in [6.07, 6.45) is 1.95. The highest BCUT2D eigenvalue weighted by Gasteiger charge is 2.12. The van der Waals surface area contributed by atoms with Crippen LogP contribution < -0.4 is 14.9 Å². The summed E-state index contributed by atoms with van der Waals surface area (Å²) in [4.78, 5) is 11.1. The van der Waals surface area contributed by atoms with Crippen molar-refractivity contribution in [3.05, 3.63) is 48.3 Å². The minimum atomic E-state index is -0.184. The molecule has 0 aliphatic carbocycles. The molecule has 0 fully saturated rings. The number of benzene rings is 1. The molecule has 120 valence electrons. The second-order valence-corrected chi connectivity index (χ2v) is 5.29. The molecule has 23 heavy (non-hydrogen) atoms. The number of rotatable bonds is 4. The van der Waals surface area contributed by atoms with Crippen LogP contribution in [0, 0.1) is 0 Å². The van der Waals surface area contributed by atoms with Gasteiger partial charge in [-0.05, 0) is 25.1 Å². The number of pyridine rings is 1. The molecule has 0 aliphatic heterocycles. The summed E-state index contributed by atoms with van der Waals surface area (Å²) >= 11 is 0. The van der Waals surface area contributed by atoms with Crippen molar-refractivity contribution in [2.75, 3.05) is 17.4 Å². The van der Waals surface area contributed by atoms with Crippen LogP contribution in [0.15, 0.2) is 47.7 Å². The van der Waals surface area contributed by atoms with E-state index < -0.39 is 0 Å².